The monoisotopic (exact) mass is 507 g/mol. The minimum absolute atomic E-state index is 0.0638. The molecule has 0 saturated carbocycles. The van der Waals surface area contributed by atoms with E-state index in [2.05, 4.69) is 16.0 Å². The predicted octanol–water partition coefficient (Wildman–Crippen LogP) is 4.22. The number of hydrogen-bond acceptors (Lipinski definition) is 7. The minimum atomic E-state index is 0.0638. The van der Waals surface area contributed by atoms with Crippen LogP contribution in [-0.2, 0) is 11.3 Å². The predicted molar refractivity (Wildman–Crippen MR) is 143 cm³/mol. The zero-order valence-corrected chi connectivity index (χ0v) is 21.7. The fourth-order valence-electron chi connectivity index (χ4n) is 4.67. The number of amides is 1. The lowest BCUT2D eigenvalue weighted by Gasteiger charge is -2.34. The highest BCUT2D eigenvalue weighted by atomic mass is 35.5. The Labute approximate surface area is 214 Å². The number of aromatic nitrogens is 4. The maximum atomic E-state index is 11.8. The summed E-state index contributed by atoms with van der Waals surface area (Å²) in [6.07, 6.45) is 3.75. The molecule has 188 valence electrons. The molecule has 4 heterocycles. The van der Waals surface area contributed by atoms with E-state index in [0.29, 0.717) is 49.2 Å². The van der Waals surface area contributed by atoms with Gasteiger partial charge in [0.2, 0.25) is 17.7 Å². The van der Waals surface area contributed by atoms with Gasteiger partial charge in [0.15, 0.2) is 0 Å². The third-order valence-corrected chi connectivity index (χ3v) is 6.94. The number of halogens is 1. The van der Waals surface area contributed by atoms with Crippen molar-refractivity contribution in [3.05, 3.63) is 47.4 Å². The van der Waals surface area contributed by atoms with Gasteiger partial charge in [-0.3, -0.25) is 9.78 Å². The number of carbonyl (C=O) groups excluding carboxylic acids is 1. The average molecular weight is 508 g/mol. The molecule has 0 radical (unpaired) electrons. The molecule has 10 heteroatoms. The first-order chi connectivity index (χ1) is 17.2. The van der Waals surface area contributed by atoms with Crippen LogP contribution in [0.3, 0.4) is 0 Å². The Bertz CT molecular complexity index is 1440. The maximum absolute atomic E-state index is 11.8. The van der Waals surface area contributed by atoms with Crippen LogP contribution in [0.1, 0.15) is 32.5 Å². The Balaban J connectivity index is 1.52. The summed E-state index contributed by atoms with van der Waals surface area (Å²) in [5.41, 5.74) is 1.41. The highest BCUT2D eigenvalue weighted by Gasteiger charge is 2.25. The molecule has 0 atom stereocenters. The number of fused-ring (bicyclic) bond motifs is 2. The lowest BCUT2D eigenvalue weighted by Crippen LogP contribution is -2.48. The number of carbonyl (C=O) groups is 1. The van der Waals surface area contributed by atoms with Crippen molar-refractivity contribution in [2.45, 2.75) is 33.4 Å². The number of aromatic hydroxyl groups is 1. The van der Waals surface area contributed by atoms with Crippen molar-refractivity contribution in [2.75, 3.05) is 43.0 Å². The van der Waals surface area contributed by atoms with E-state index in [9.17, 15) is 9.90 Å². The summed E-state index contributed by atoms with van der Waals surface area (Å²) in [5.74, 6) is 1.46. The second-order valence-corrected chi connectivity index (χ2v) is 10.0. The fourth-order valence-corrected chi connectivity index (χ4v) is 4.85. The maximum Gasteiger partial charge on any atom is 0.228 e. The van der Waals surface area contributed by atoms with Gasteiger partial charge in [-0.15, -0.1) is 0 Å². The number of pyridine rings is 1. The number of nitrogens with zero attached hydrogens (tertiary/aromatic N) is 7. The SMILES string of the molecule is CC(=O)N1CCN(c2nc(N(C)Cc3cc4ccc(Cl)cc4cn3)c3cn(C(C)C)c(O)c3n2)CC1. The van der Waals surface area contributed by atoms with Crippen LogP contribution in [0.25, 0.3) is 21.7 Å². The van der Waals surface area contributed by atoms with Crippen LogP contribution in [0.5, 0.6) is 5.88 Å². The molecule has 1 fully saturated rings. The summed E-state index contributed by atoms with van der Waals surface area (Å²) >= 11 is 6.12. The van der Waals surface area contributed by atoms with E-state index in [1.807, 2.05) is 65.9 Å². The largest absolute Gasteiger partial charge is 0.493 e. The third-order valence-electron chi connectivity index (χ3n) is 6.70. The molecule has 1 aliphatic rings. The lowest BCUT2D eigenvalue weighted by molar-refractivity contribution is -0.129. The average Bonchev–Trinajstić information content (AvgIpc) is 3.20. The van der Waals surface area contributed by atoms with Crippen LogP contribution < -0.4 is 9.80 Å². The smallest absolute Gasteiger partial charge is 0.228 e. The van der Waals surface area contributed by atoms with E-state index in [4.69, 9.17) is 21.6 Å². The number of hydrogen-bond donors (Lipinski definition) is 1. The van der Waals surface area contributed by atoms with Gasteiger partial charge in [0, 0.05) is 69.0 Å². The van der Waals surface area contributed by atoms with Crippen molar-refractivity contribution < 1.29 is 9.90 Å². The molecular weight excluding hydrogens is 478 g/mol. The van der Waals surface area contributed by atoms with Gasteiger partial charge in [0.25, 0.3) is 0 Å². The molecular formula is C26H30ClN7O2. The van der Waals surface area contributed by atoms with Crippen LogP contribution >= 0.6 is 11.6 Å². The molecule has 0 unspecified atom stereocenters. The number of piperazine rings is 1. The quantitative estimate of drug-likeness (QED) is 0.432. The van der Waals surface area contributed by atoms with Gasteiger partial charge < -0.3 is 24.4 Å². The zero-order chi connectivity index (χ0) is 25.6. The van der Waals surface area contributed by atoms with Crippen molar-refractivity contribution in [1.82, 2.24) is 24.4 Å². The van der Waals surface area contributed by atoms with Gasteiger partial charge in [-0.05, 0) is 37.4 Å². The molecule has 1 N–H and O–H groups in total. The van der Waals surface area contributed by atoms with Gasteiger partial charge >= 0.3 is 0 Å². The lowest BCUT2D eigenvalue weighted by atomic mass is 10.1. The molecule has 1 saturated heterocycles. The first kappa shape index (κ1) is 24.1. The molecule has 36 heavy (non-hydrogen) atoms. The van der Waals surface area contributed by atoms with Crippen LogP contribution in [0.15, 0.2) is 36.7 Å². The third kappa shape index (κ3) is 4.51. The second-order valence-electron chi connectivity index (χ2n) is 9.58. The molecule has 1 aliphatic heterocycles. The van der Waals surface area contributed by atoms with Gasteiger partial charge in [-0.25, -0.2) is 4.98 Å². The topological polar surface area (TPSA) is 90.6 Å². The number of benzene rings is 1. The van der Waals surface area contributed by atoms with Crippen molar-refractivity contribution in [3.63, 3.8) is 0 Å². The van der Waals surface area contributed by atoms with Crippen molar-refractivity contribution >= 4 is 50.9 Å². The van der Waals surface area contributed by atoms with Gasteiger partial charge in [-0.2, -0.15) is 4.98 Å². The van der Waals surface area contributed by atoms with Crippen LogP contribution in [0.4, 0.5) is 11.8 Å². The summed E-state index contributed by atoms with van der Waals surface area (Å²) in [5, 5.41) is 14.5. The van der Waals surface area contributed by atoms with Crippen LogP contribution in [0.2, 0.25) is 5.02 Å². The molecule has 0 spiro atoms. The summed E-state index contributed by atoms with van der Waals surface area (Å²) in [6, 6.07) is 7.89. The first-order valence-corrected chi connectivity index (χ1v) is 12.5. The molecule has 9 nitrogen and oxygen atoms in total. The molecule has 4 aromatic rings. The highest BCUT2D eigenvalue weighted by molar-refractivity contribution is 6.31. The molecule has 5 rings (SSSR count). The summed E-state index contributed by atoms with van der Waals surface area (Å²) < 4.78 is 1.81. The summed E-state index contributed by atoms with van der Waals surface area (Å²) in [7, 11) is 1.97. The molecule has 0 aliphatic carbocycles. The van der Waals surface area contributed by atoms with E-state index in [-0.39, 0.29) is 17.8 Å². The van der Waals surface area contributed by atoms with Crippen molar-refractivity contribution in [3.8, 4) is 5.88 Å². The Morgan fingerprint density at radius 1 is 1.14 bits per heavy atom. The molecule has 1 amide bonds. The molecule has 0 bridgehead atoms. The van der Waals surface area contributed by atoms with Gasteiger partial charge in [-0.1, -0.05) is 17.7 Å². The van der Waals surface area contributed by atoms with Crippen LogP contribution in [-0.4, -0.2) is 68.7 Å². The molecule has 3 aromatic heterocycles. The number of anilines is 2. The van der Waals surface area contributed by atoms with Crippen molar-refractivity contribution in [2.24, 2.45) is 0 Å². The van der Waals surface area contributed by atoms with E-state index >= 15 is 0 Å². The van der Waals surface area contributed by atoms with E-state index in [0.717, 1.165) is 27.7 Å². The summed E-state index contributed by atoms with van der Waals surface area (Å²) in [6.45, 7) is 8.65. The minimum Gasteiger partial charge on any atom is -0.493 e. The van der Waals surface area contributed by atoms with Gasteiger partial charge in [0.05, 0.1) is 17.6 Å². The Kier molecular flexibility index (Phi) is 6.34. The standard InChI is InChI=1S/C26H30ClN7O2/c1-16(2)34-15-22-23(25(34)36)29-26(33-9-7-32(8-10-33)17(3)35)30-24(22)31(4)14-21-12-18-5-6-20(27)11-19(18)13-28-21/h5-6,11-13,15-16,36H,7-10,14H2,1-4H3. The zero-order valence-electron chi connectivity index (χ0n) is 20.9. The Morgan fingerprint density at radius 3 is 2.58 bits per heavy atom. The van der Waals surface area contributed by atoms with Crippen LogP contribution in [0, 0.1) is 0 Å². The summed E-state index contributed by atoms with van der Waals surface area (Å²) in [4.78, 5) is 32.0. The Hall–Kier alpha value is -3.59. The Morgan fingerprint density at radius 2 is 1.89 bits per heavy atom. The fraction of sp³-hybridized carbons (Fsp3) is 0.385. The van der Waals surface area contributed by atoms with Crippen molar-refractivity contribution in [1.29, 1.82) is 0 Å². The second kappa shape index (κ2) is 9.46. The normalized spacial score (nSPS) is 14.3. The van der Waals surface area contributed by atoms with E-state index in [1.165, 1.54) is 0 Å². The van der Waals surface area contributed by atoms with E-state index < -0.39 is 0 Å². The first-order valence-electron chi connectivity index (χ1n) is 12.1. The highest BCUT2D eigenvalue weighted by Crippen LogP contribution is 2.35. The van der Waals surface area contributed by atoms with E-state index in [1.54, 1.807) is 6.92 Å². The van der Waals surface area contributed by atoms with Gasteiger partial charge in [0.1, 0.15) is 11.3 Å². The number of rotatable bonds is 5. The molecule has 1 aromatic carbocycles.